The quantitative estimate of drug-likeness (QED) is 0.779. The van der Waals surface area contributed by atoms with E-state index in [0.717, 1.165) is 11.4 Å². The minimum atomic E-state index is -0.482. The van der Waals surface area contributed by atoms with Crippen molar-refractivity contribution in [3.63, 3.8) is 0 Å². The zero-order valence-corrected chi connectivity index (χ0v) is 9.54. The van der Waals surface area contributed by atoms with Crippen LogP contribution in [0.2, 0.25) is 0 Å². The smallest absolute Gasteiger partial charge is 0.356 e. The molecule has 0 aliphatic carbocycles. The Morgan fingerprint density at radius 1 is 1.47 bits per heavy atom. The Bertz CT molecular complexity index is 562. The molecule has 0 aromatic carbocycles. The second kappa shape index (κ2) is 4.25. The van der Waals surface area contributed by atoms with Crippen molar-refractivity contribution >= 4 is 11.8 Å². The number of methoxy groups -OCH3 is 1. The van der Waals surface area contributed by atoms with Gasteiger partial charge >= 0.3 is 5.97 Å². The lowest BCUT2D eigenvalue weighted by Crippen LogP contribution is -2.07. The number of aromatic nitrogens is 3. The fourth-order valence-corrected chi connectivity index (χ4v) is 1.53. The number of carbonyl (C=O) groups excluding carboxylic acids is 1. The number of rotatable bonds is 2. The van der Waals surface area contributed by atoms with E-state index in [9.17, 15) is 4.79 Å². The van der Waals surface area contributed by atoms with E-state index in [1.54, 1.807) is 22.9 Å². The van der Waals surface area contributed by atoms with Crippen LogP contribution in [0.3, 0.4) is 0 Å². The maximum Gasteiger partial charge on any atom is 0.356 e. The van der Waals surface area contributed by atoms with Gasteiger partial charge in [-0.25, -0.2) is 14.5 Å². The molecule has 0 amide bonds. The Kier molecular flexibility index (Phi) is 2.78. The van der Waals surface area contributed by atoms with Crippen molar-refractivity contribution in [3.05, 3.63) is 35.8 Å². The third-order valence-corrected chi connectivity index (χ3v) is 2.29. The summed E-state index contributed by atoms with van der Waals surface area (Å²) >= 11 is 0. The highest BCUT2D eigenvalue weighted by Crippen LogP contribution is 2.13. The highest BCUT2D eigenvalue weighted by Gasteiger charge is 2.10. The van der Waals surface area contributed by atoms with Crippen LogP contribution in [-0.2, 0) is 4.74 Å². The molecule has 6 nitrogen and oxygen atoms in total. The van der Waals surface area contributed by atoms with E-state index in [-0.39, 0.29) is 5.69 Å². The molecule has 0 spiro atoms. The number of pyridine rings is 1. The summed E-state index contributed by atoms with van der Waals surface area (Å²) in [5, 5.41) is 4.12. The Hall–Kier alpha value is -2.37. The van der Waals surface area contributed by atoms with E-state index in [0.29, 0.717) is 5.82 Å². The topological polar surface area (TPSA) is 83.0 Å². The molecule has 0 saturated carbocycles. The van der Waals surface area contributed by atoms with Gasteiger partial charge in [0.25, 0.3) is 0 Å². The Labute approximate surface area is 98.0 Å². The van der Waals surface area contributed by atoms with Crippen LogP contribution in [0.15, 0.2) is 24.4 Å². The van der Waals surface area contributed by atoms with Gasteiger partial charge in [0.15, 0.2) is 0 Å². The van der Waals surface area contributed by atoms with E-state index in [1.165, 1.54) is 13.3 Å². The molecule has 0 atom stereocenters. The van der Waals surface area contributed by atoms with Gasteiger partial charge in [0.05, 0.1) is 12.8 Å². The van der Waals surface area contributed by atoms with Crippen LogP contribution >= 0.6 is 0 Å². The number of carbonyl (C=O) groups is 1. The van der Waals surface area contributed by atoms with E-state index >= 15 is 0 Å². The van der Waals surface area contributed by atoms with Crippen molar-refractivity contribution in [1.82, 2.24) is 14.8 Å². The second-order valence-corrected chi connectivity index (χ2v) is 3.51. The van der Waals surface area contributed by atoms with Gasteiger partial charge < -0.3 is 10.5 Å². The summed E-state index contributed by atoms with van der Waals surface area (Å²) in [5.74, 6) is -0.0523. The molecular weight excluding hydrogens is 220 g/mol. The number of ether oxygens (including phenoxy) is 1. The van der Waals surface area contributed by atoms with Gasteiger partial charge in [0.2, 0.25) is 0 Å². The number of anilines is 1. The summed E-state index contributed by atoms with van der Waals surface area (Å²) in [6.07, 6.45) is 1.53. The monoisotopic (exact) mass is 232 g/mol. The number of hydrogen-bond acceptors (Lipinski definition) is 5. The summed E-state index contributed by atoms with van der Waals surface area (Å²) in [6.45, 7) is 1.88. The number of esters is 1. The van der Waals surface area contributed by atoms with Crippen molar-refractivity contribution in [2.24, 2.45) is 0 Å². The maximum absolute atomic E-state index is 11.3. The molecule has 0 unspecified atom stereocenters. The van der Waals surface area contributed by atoms with Crippen LogP contribution in [0.1, 0.15) is 16.2 Å². The Morgan fingerprint density at radius 3 is 2.82 bits per heavy atom. The molecule has 0 fully saturated rings. The lowest BCUT2D eigenvalue weighted by molar-refractivity contribution is 0.0594. The lowest BCUT2D eigenvalue weighted by atomic mass is 10.3. The largest absolute Gasteiger partial charge is 0.464 e. The van der Waals surface area contributed by atoms with Crippen molar-refractivity contribution < 1.29 is 9.53 Å². The van der Waals surface area contributed by atoms with Crippen LogP contribution in [0, 0.1) is 6.92 Å². The number of nitrogens with zero attached hydrogens (tertiary/aromatic N) is 3. The van der Waals surface area contributed by atoms with E-state index in [1.807, 2.05) is 6.92 Å². The summed E-state index contributed by atoms with van der Waals surface area (Å²) < 4.78 is 6.25. The minimum absolute atomic E-state index is 0.235. The molecule has 88 valence electrons. The molecule has 6 heteroatoms. The van der Waals surface area contributed by atoms with Gasteiger partial charge in [-0.15, -0.1) is 0 Å². The molecule has 2 N–H and O–H groups in total. The predicted octanol–water partition coefficient (Wildman–Crippen LogP) is 0.945. The molecule has 0 aliphatic rings. The normalized spacial score (nSPS) is 10.2. The van der Waals surface area contributed by atoms with Crippen molar-refractivity contribution in [1.29, 1.82) is 0 Å². The third kappa shape index (κ3) is 2.10. The van der Waals surface area contributed by atoms with Crippen LogP contribution in [-0.4, -0.2) is 27.8 Å². The molecule has 2 heterocycles. The van der Waals surface area contributed by atoms with Crippen molar-refractivity contribution in [3.8, 4) is 5.69 Å². The van der Waals surface area contributed by atoms with Crippen molar-refractivity contribution in [2.45, 2.75) is 6.92 Å². The first-order valence-electron chi connectivity index (χ1n) is 4.98. The van der Waals surface area contributed by atoms with Gasteiger partial charge in [-0.1, -0.05) is 0 Å². The lowest BCUT2D eigenvalue weighted by Gasteiger charge is -2.05. The molecule has 0 bridgehead atoms. The van der Waals surface area contributed by atoms with E-state index in [2.05, 4.69) is 14.8 Å². The first kappa shape index (κ1) is 11.1. The van der Waals surface area contributed by atoms with Crippen LogP contribution in [0.25, 0.3) is 5.69 Å². The first-order valence-corrected chi connectivity index (χ1v) is 4.98. The van der Waals surface area contributed by atoms with Crippen molar-refractivity contribution in [2.75, 3.05) is 12.8 Å². The van der Waals surface area contributed by atoms with Gasteiger partial charge in [-0.2, -0.15) is 5.10 Å². The average molecular weight is 232 g/mol. The summed E-state index contributed by atoms with van der Waals surface area (Å²) in [6, 6.07) is 5.09. The molecule has 2 aromatic rings. The third-order valence-electron chi connectivity index (χ3n) is 2.29. The number of nitrogen functional groups attached to an aromatic ring is 1. The van der Waals surface area contributed by atoms with E-state index < -0.39 is 5.97 Å². The molecule has 0 saturated heterocycles. The molecule has 2 rings (SSSR count). The zero-order valence-electron chi connectivity index (χ0n) is 9.54. The molecule has 17 heavy (non-hydrogen) atoms. The number of nitrogens with two attached hydrogens (primary N) is 1. The zero-order chi connectivity index (χ0) is 12.4. The first-order chi connectivity index (χ1) is 8.11. The second-order valence-electron chi connectivity index (χ2n) is 3.51. The molecular formula is C11H12N4O2. The molecule has 0 aliphatic heterocycles. The standard InChI is InChI=1S/C11H12N4O2/c1-7-5-10(12)14-15(7)8-3-4-13-9(6-8)11(16)17-2/h3-6H,1-2H3,(H2,12,14). The average Bonchev–Trinajstić information content (AvgIpc) is 2.67. The molecule has 2 aromatic heterocycles. The van der Waals surface area contributed by atoms with Gasteiger partial charge in [-0.05, 0) is 19.1 Å². The number of hydrogen-bond donors (Lipinski definition) is 1. The summed E-state index contributed by atoms with van der Waals surface area (Å²) in [7, 11) is 1.31. The van der Waals surface area contributed by atoms with Gasteiger partial charge in [0, 0.05) is 18.0 Å². The highest BCUT2D eigenvalue weighted by molar-refractivity contribution is 5.87. The Balaban J connectivity index is 2.46. The highest BCUT2D eigenvalue weighted by atomic mass is 16.5. The molecule has 0 radical (unpaired) electrons. The predicted molar refractivity (Wildman–Crippen MR) is 61.8 cm³/mol. The fourth-order valence-electron chi connectivity index (χ4n) is 1.53. The minimum Gasteiger partial charge on any atom is -0.464 e. The number of aryl methyl sites for hydroxylation is 1. The summed E-state index contributed by atoms with van der Waals surface area (Å²) in [5.41, 5.74) is 7.43. The SMILES string of the molecule is COC(=O)c1cc(-n2nc(N)cc2C)ccn1. The van der Waals surface area contributed by atoms with Crippen LogP contribution in [0.5, 0.6) is 0 Å². The van der Waals surface area contributed by atoms with Crippen LogP contribution < -0.4 is 5.73 Å². The summed E-state index contributed by atoms with van der Waals surface area (Å²) in [4.78, 5) is 15.3. The van der Waals surface area contributed by atoms with Crippen LogP contribution in [0.4, 0.5) is 5.82 Å². The van der Waals surface area contributed by atoms with Gasteiger partial charge in [-0.3, -0.25) is 0 Å². The Morgan fingerprint density at radius 2 is 2.24 bits per heavy atom. The maximum atomic E-state index is 11.3. The van der Waals surface area contributed by atoms with E-state index in [4.69, 9.17) is 5.73 Å². The van der Waals surface area contributed by atoms with Gasteiger partial charge in [0.1, 0.15) is 11.5 Å². The fraction of sp³-hybridized carbons (Fsp3) is 0.182.